The number of nitrogens with zero attached hydrogens (tertiary/aromatic N) is 1. The summed E-state index contributed by atoms with van der Waals surface area (Å²) in [6, 6.07) is 5.14. The molecule has 2 rings (SSSR count). The summed E-state index contributed by atoms with van der Waals surface area (Å²) < 4.78 is 18.6. The average molecular weight is 312 g/mol. The fourth-order valence-corrected chi connectivity index (χ4v) is 3.77. The van der Waals surface area contributed by atoms with Gasteiger partial charge in [0, 0.05) is 50.0 Å². The van der Waals surface area contributed by atoms with E-state index in [4.69, 9.17) is 4.74 Å². The zero-order valence-electron chi connectivity index (χ0n) is 12.9. The number of rotatable bonds is 7. The highest BCUT2D eigenvalue weighted by Gasteiger charge is 2.21. The van der Waals surface area contributed by atoms with Gasteiger partial charge in [-0.3, -0.25) is 0 Å². The van der Waals surface area contributed by atoms with Crippen LogP contribution in [0.2, 0.25) is 0 Å². The highest BCUT2D eigenvalue weighted by Crippen LogP contribution is 2.28. The fourth-order valence-electron chi connectivity index (χ4n) is 2.59. The van der Waals surface area contributed by atoms with Gasteiger partial charge < -0.3 is 15.0 Å². The molecule has 0 aromatic heterocycles. The summed E-state index contributed by atoms with van der Waals surface area (Å²) in [6.45, 7) is 6.45. The molecule has 21 heavy (non-hydrogen) atoms. The van der Waals surface area contributed by atoms with Gasteiger partial charge in [-0.05, 0) is 30.2 Å². The molecule has 1 N–H and O–H groups in total. The van der Waals surface area contributed by atoms with Gasteiger partial charge in [-0.15, -0.1) is 0 Å². The van der Waals surface area contributed by atoms with Crippen molar-refractivity contribution in [3.8, 4) is 0 Å². The molecular formula is C16H25FN2OS. The number of hydrogen-bond donors (Lipinski definition) is 1. The second-order valence-corrected chi connectivity index (χ2v) is 6.70. The summed E-state index contributed by atoms with van der Waals surface area (Å²) in [4.78, 5) is 2.40. The molecule has 1 aliphatic rings. The molecule has 0 amide bonds. The molecule has 0 aliphatic carbocycles. The zero-order valence-corrected chi connectivity index (χ0v) is 13.7. The Morgan fingerprint density at radius 1 is 1.48 bits per heavy atom. The summed E-state index contributed by atoms with van der Waals surface area (Å²) in [6.07, 6.45) is 1.18. The lowest BCUT2D eigenvalue weighted by molar-refractivity contribution is 0.199. The standard InChI is InChI=1S/C16H25FN2OS/c1-3-15-12-19(7-9-21-15)16-5-4-14(17)10-13(16)11-18-6-8-20-2/h4-5,10,15,18H,3,6-9,11-12H2,1-2H3. The molecule has 1 fully saturated rings. The van der Waals surface area contributed by atoms with Crippen LogP contribution in [-0.2, 0) is 11.3 Å². The number of thioether (sulfide) groups is 1. The van der Waals surface area contributed by atoms with Crippen molar-refractivity contribution >= 4 is 17.4 Å². The monoisotopic (exact) mass is 312 g/mol. The first-order valence-electron chi connectivity index (χ1n) is 7.59. The first-order valence-corrected chi connectivity index (χ1v) is 8.64. The van der Waals surface area contributed by atoms with Crippen LogP contribution in [0.25, 0.3) is 0 Å². The Labute approximate surface area is 131 Å². The molecule has 3 nitrogen and oxygen atoms in total. The minimum Gasteiger partial charge on any atom is -0.383 e. The van der Waals surface area contributed by atoms with Gasteiger partial charge >= 0.3 is 0 Å². The third kappa shape index (κ3) is 4.87. The second-order valence-electron chi connectivity index (χ2n) is 5.29. The maximum absolute atomic E-state index is 13.6. The van der Waals surface area contributed by atoms with Crippen LogP contribution < -0.4 is 10.2 Å². The topological polar surface area (TPSA) is 24.5 Å². The van der Waals surface area contributed by atoms with E-state index in [0.29, 0.717) is 18.4 Å². The van der Waals surface area contributed by atoms with Crippen LogP contribution in [0.15, 0.2) is 18.2 Å². The van der Waals surface area contributed by atoms with Gasteiger partial charge in [0.15, 0.2) is 0 Å². The molecule has 0 bridgehead atoms. The first-order chi connectivity index (χ1) is 10.2. The summed E-state index contributed by atoms with van der Waals surface area (Å²) in [7, 11) is 1.69. The van der Waals surface area contributed by atoms with Crippen LogP contribution in [0.4, 0.5) is 10.1 Å². The third-order valence-corrected chi connectivity index (χ3v) is 5.15. The van der Waals surface area contributed by atoms with Crippen molar-refractivity contribution in [3.05, 3.63) is 29.6 Å². The van der Waals surface area contributed by atoms with Crippen LogP contribution >= 0.6 is 11.8 Å². The van der Waals surface area contributed by atoms with E-state index in [1.54, 1.807) is 19.2 Å². The maximum atomic E-state index is 13.6. The Morgan fingerprint density at radius 2 is 2.33 bits per heavy atom. The van der Waals surface area contributed by atoms with Gasteiger partial charge in [-0.25, -0.2) is 4.39 Å². The molecule has 1 aliphatic heterocycles. The van der Waals surface area contributed by atoms with Crippen molar-refractivity contribution in [2.75, 3.05) is 44.0 Å². The van der Waals surface area contributed by atoms with Crippen LogP contribution in [0, 0.1) is 5.82 Å². The van der Waals surface area contributed by atoms with Crippen molar-refractivity contribution in [3.63, 3.8) is 0 Å². The first kappa shape index (κ1) is 16.6. The predicted molar refractivity (Wildman–Crippen MR) is 88.7 cm³/mol. The lowest BCUT2D eigenvalue weighted by Crippen LogP contribution is -2.38. The zero-order chi connectivity index (χ0) is 15.1. The highest BCUT2D eigenvalue weighted by atomic mass is 32.2. The molecule has 1 heterocycles. The fraction of sp³-hybridized carbons (Fsp3) is 0.625. The molecule has 5 heteroatoms. The maximum Gasteiger partial charge on any atom is 0.123 e. The molecule has 118 valence electrons. The molecule has 1 saturated heterocycles. The second kappa shape index (κ2) is 8.61. The Kier molecular flexibility index (Phi) is 6.80. The molecule has 1 unspecified atom stereocenters. The summed E-state index contributed by atoms with van der Waals surface area (Å²) >= 11 is 2.05. The normalized spacial score (nSPS) is 19.0. The van der Waals surface area contributed by atoms with Gasteiger partial charge in [-0.2, -0.15) is 11.8 Å². The van der Waals surface area contributed by atoms with E-state index >= 15 is 0 Å². The van der Waals surface area contributed by atoms with E-state index in [-0.39, 0.29) is 5.82 Å². The smallest absolute Gasteiger partial charge is 0.123 e. The number of anilines is 1. The summed E-state index contributed by atoms with van der Waals surface area (Å²) in [5.41, 5.74) is 2.20. The predicted octanol–water partition coefficient (Wildman–Crippen LogP) is 2.89. The van der Waals surface area contributed by atoms with Crippen molar-refractivity contribution in [2.45, 2.75) is 25.1 Å². The van der Waals surface area contributed by atoms with E-state index in [1.807, 2.05) is 17.8 Å². The van der Waals surface area contributed by atoms with Crippen molar-refractivity contribution in [1.82, 2.24) is 5.32 Å². The van der Waals surface area contributed by atoms with Crippen molar-refractivity contribution < 1.29 is 9.13 Å². The van der Waals surface area contributed by atoms with E-state index in [2.05, 4.69) is 17.1 Å². The van der Waals surface area contributed by atoms with Gasteiger partial charge in [0.25, 0.3) is 0 Å². The number of benzene rings is 1. The van der Waals surface area contributed by atoms with E-state index in [9.17, 15) is 4.39 Å². The largest absolute Gasteiger partial charge is 0.383 e. The summed E-state index contributed by atoms with van der Waals surface area (Å²) in [5.74, 6) is 0.979. The SMILES string of the molecule is CCC1CN(c2ccc(F)cc2CNCCOC)CCS1. The van der Waals surface area contributed by atoms with Crippen molar-refractivity contribution in [2.24, 2.45) is 0 Å². The minimum atomic E-state index is -0.166. The van der Waals surface area contributed by atoms with Crippen LogP contribution in [0.3, 0.4) is 0 Å². The lowest BCUT2D eigenvalue weighted by atomic mass is 10.1. The molecule has 1 atom stereocenters. The number of nitrogens with one attached hydrogen (secondary N) is 1. The Balaban J connectivity index is 2.06. The molecular weight excluding hydrogens is 287 g/mol. The van der Waals surface area contributed by atoms with Gasteiger partial charge in [0.1, 0.15) is 5.82 Å². The van der Waals surface area contributed by atoms with Crippen LogP contribution in [0.5, 0.6) is 0 Å². The lowest BCUT2D eigenvalue weighted by Gasteiger charge is -2.35. The van der Waals surface area contributed by atoms with E-state index < -0.39 is 0 Å². The van der Waals surface area contributed by atoms with Gasteiger partial charge in [0.05, 0.1) is 6.61 Å². The van der Waals surface area contributed by atoms with Crippen LogP contribution in [0.1, 0.15) is 18.9 Å². The number of hydrogen-bond acceptors (Lipinski definition) is 4. The molecule has 0 saturated carbocycles. The average Bonchev–Trinajstić information content (AvgIpc) is 2.52. The minimum absolute atomic E-state index is 0.166. The van der Waals surface area contributed by atoms with Crippen LogP contribution in [-0.4, -0.2) is 44.4 Å². The molecule has 0 radical (unpaired) electrons. The molecule has 1 aromatic rings. The number of halogens is 1. The van der Waals surface area contributed by atoms with E-state index in [1.165, 1.54) is 12.1 Å². The highest BCUT2D eigenvalue weighted by molar-refractivity contribution is 8.00. The van der Waals surface area contributed by atoms with E-state index in [0.717, 1.165) is 31.0 Å². The molecule has 1 aromatic carbocycles. The third-order valence-electron chi connectivity index (χ3n) is 3.77. The Morgan fingerprint density at radius 3 is 3.10 bits per heavy atom. The Bertz CT molecular complexity index is 444. The number of ether oxygens (including phenoxy) is 1. The van der Waals surface area contributed by atoms with Gasteiger partial charge in [0.2, 0.25) is 0 Å². The summed E-state index contributed by atoms with van der Waals surface area (Å²) in [5, 5.41) is 3.99. The quantitative estimate of drug-likeness (QED) is 0.783. The molecule has 0 spiro atoms. The Hall–Kier alpha value is -0.780. The van der Waals surface area contributed by atoms with Crippen molar-refractivity contribution in [1.29, 1.82) is 0 Å². The van der Waals surface area contributed by atoms with Gasteiger partial charge in [-0.1, -0.05) is 6.92 Å². The number of methoxy groups -OCH3 is 1.